The zero-order valence-electron chi connectivity index (χ0n) is 14.9. The number of nitrogens with zero attached hydrogens (tertiary/aromatic N) is 2. The lowest BCUT2D eigenvalue weighted by atomic mass is 10.1. The van der Waals surface area contributed by atoms with Crippen LogP contribution in [0.3, 0.4) is 0 Å². The first-order valence-corrected chi connectivity index (χ1v) is 8.37. The highest BCUT2D eigenvalue weighted by Crippen LogP contribution is 2.09. The van der Waals surface area contributed by atoms with Crippen LogP contribution >= 0.6 is 0 Å². The molecule has 0 radical (unpaired) electrons. The monoisotopic (exact) mass is 345 g/mol. The fourth-order valence-electron chi connectivity index (χ4n) is 2.31. The minimum atomic E-state index is -0.304. The van der Waals surface area contributed by atoms with Gasteiger partial charge < -0.3 is 19.6 Å². The number of aryl methyl sites for hydroxylation is 1. The van der Waals surface area contributed by atoms with Crippen LogP contribution in [0.15, 0.2) is 41.1 Å². The molecule has 7 nitrogen and oxygen atoms in total. The number of amides is 2. The van der Waals surface area contributed by atoms with Crippen LogP contribution < -0.4 is 10.2 Å². The molecule has 0 fully saturated rings. The van der Waals surface area contributed by atoms with Gasteiger partial charge in [0, 0.05) is 11.6 Å². The predicted molar refractivity (Wildman–Crippen MR) is 94.5 cm³/mol. The Balaban J connectivity index is 2.07. The van der Waals surface area contributed by atoms with Gasteiger partial charge in [-0.3, -0.25) is 9.59 Å². The second kappa shape index (κ2) is 8.98. The summed E-state index contributed by atoms with van der Waals surface area (Å²) in [5.41, 5.74) is 1.75. The largest absolute Gasteiger partial charge is 0.363 e. The molecule has 0 saturated carbocycles. The van der Waals surface area contributed by atoms with Gasteiger partial charge in [-0.25, -0.2) is 0 Å². The molecule has 0 aliphatic carbocycles. The van der Waals surface area contributed by atoms with Crippen LogP contribution in [0, 0.1) is 0 Å². The van der Waals surface area contributed by atoms with Gasteiger partial charge in [-0.15, -0.1) is 0 Å². The molecule has 7 heteroatoms. The number of carbonyl (C=O) groups excluding carboxylic acids is 2. The van der Waals surface area contributed by atoms with Crippen molar-refractivity contribution in [2.24, 2.45) is 0 Å². The lowest BCUT2D eigenvalue weighted by Gasteiger charge is -2.22. The van der Waals surface area contributed by atoms with E-state index in [1.165, 1.54) is 16.7 Å². The molecule has 2 rings (SSSR count). The van der Waals surface area contributed by atoms with Crippen LogP contribution in [-0.2, 0) is 11.2 Å². The normalized spacial score (nSPS) is 10.7. The number of nitrogens with one attached hydrogen (secondary N) is 2. The number of rotatable bonds is 8. The second-order valence-electron chi connectivity index (χ2n) is 6.17. The third-order valence-corrected chi connectivity index (χ3v) is 3.82. The zero-order chi connectivity index (χ0) is 18.2. The van der Waals surface area contributed by atoms with E-state index in [1.807, 2.05) is 38.4 Å². The maximum atomic E-state index is 12.8. The van der Waals surface area contributed by atoms with Crippen molar-refractivity contribution in [1.82, 2.24) is 10.1 Å². The summed E-state index contributed by atoms with van der Waals surface area (Å²) < 4.78 is 4.69. The quantitative estimate of drug-likeness (QED) is 0.729. The molecule has 1 heterocycles. The van der Waals surface area contributed by atoms with E-state index in [4.69, 9.17) is 0 Å². The summed E-state index contributed by atoms with van der Waals surface area (Å²) in [5.74, 6) is -0.122. The van der Waals surface area contributed by atoms with Gasteiger partial charge in [-0.05, 0) is 24.1 Å². The number of benzene rings is 1. The Bertz CT molecular complexity index is 681. The van der Waals surface area contributed by atoms with Gasteiger partial charge in [0.1, 0.15) is 12.8 Å². The molecular formula is C18H25N4O3+. The highest BCUT2D eigenvalue weighted by molar-refractivity contribution is 5.99. The molecule has 134 valence electrons. The molecule has 1 aromatic heterocycles. The van der Waals surface area contributed by atoms with Gasteiger partial charge in [0.05, 0.1) is 27.2 Å². The van der Waals surface area contributed by atoms with Crippen LogP contribution in [0.25, 0.3) is 0 Å². The van der Waals surface area contributed by atoms with Crippen molar-refractivity contribution in [2.75, 3.05) is 39.0 Å². The number of quaternary nitrogens is 1. The van der Waals surface area contributed by atoms with Crippen molar-refractivity contribution in [3.63, 3.8) is 0 Å². The first kappa shape index (κ1) is 18.7. The molecular weight excluding hydrogens is 320 g/mol. The Morgan fingerprint density at radius 2 is 1.92 bits per heavy atom. The number of likely N-dealkylation sites (N-methyl/N-ethyl adjacent to an activating group) is 1. The first-order valence-electron chi connectivity index (χ1n) is 8.37. The van der Waals surface area contributed by atoms with E-state index in [9.17, 15) is 9.59 Å². The van der Waals surface area contributed by atoms with Crippen molar-refractivity contribution >= 4 is 17.6 Å². The zero-order valence-corrected chi connectivity index (χ0v) is 14.9. The summed E-state index contributed by atoms with van der Waals surface area (Å²) in [7, 11) is 4.02. The molecule has 0 spiro atoms. The summed E-state index contributed by atoms with van der Waals surface area (Å²) in [6.07, 6.45) is 2.30. The van der Waals surface area contributed by atoms with Crippen LogP contribution in [-0.4, -0.2) is 55.6 Å². The average Bonchev–Trinajstić information content (AvgIpc) is 3.10. The number of hydrogen-bond acceptors (Lipinski definition) is 4. The lowest BCUT2D eigenvalue weighted by Crippen LogP contribution is -3.06. The number of anilines is 1. The van der Waals surface area contributed by atoms with Crippen molar-refractivity contribution in [2.45, 2.75) is 13.3 Å². The molecule has 0 unspecified atom stereocenters. The molecule has 2 N–H and O–H groups in total. The Labute approximate surface area is 147 Å². The highest BCUT2D eigenvalue weighted by atomic mass is 16.5. The standard InChI is InChI=1S/C18H24N4O3/c1-4-14-5-7-15(8-6-14)18(24)22(11-10-21(2)3)13-17(23)19-16-9-12-25-20-16/h5-9,12H,4,10-11,13H2,1-3H3,(H,19,20,23)/p+1. The molecule has 0 atom stereocenters. The third kappa shape index (κ3) is 5.72. The number of aromatic nitrogens is 1. The third-order valence-electron chi connectivity index (χ3n) is 3.82. The van der Waals surface area contributed by atoms with Gasteiger partial charge in [0.25, 0.3) is 5.91 Å². The van der Waals surface area contributed by atoms with Crippen molar-refractivity contribution in [1.29, 1.82) is 0 Å². The lowest BCUT2D eigenvalue weighted by molar-refractivity contribution is -0.857. The van der Waals surface area contributed by atoms with E-state index in [2.05, 4.69) is 21.9 Å². The Morgan fingerprint density at radius 3 is 2.48 bits per heavy atom. The maximum Gasteiger partial charge on any atom is 0.254 e. The van der Waals surface area contributed by atoms with Crippen LogP contribution in [0.4, 0.5) is 5.82 Å². The first-order chi connectivity index (χ1) is 12.0. The minimum Gasteiger partial charge on any atom is -0.363 e. The SMILES string of the molecule is CCc1ccc(C(=O)N(CC[NH+](C)C)CC(=O)Nc2ccon2)cc1. The Morgan fingerprint density at radius 1 is 1.20 bits per heavy atom. The highest BCUT2D eigenvalue weighted by Gasteiger charge is 2.20. The van der Waals surface area contributed by atoms with E-state index in [0.717, 1.165) is 13.0 Å². The van der Waals surface area contributed by atoms with Crippen molar-refractivity contribution in [3.05, 3.63) is 47.7 Å². The fourth-order valence-corrected chi connectivity index (χ4v) is 2.31. The van der Waals surface area contributed by atoms with Gasteiger partial charge in [0.15, 0.2) is 5.82 Å². The van der Waals surface area contributed by atoms with Crippen molar-refractivity contribution < 1.29 is 19.0 Å². The number of carbonyl (C=O) groups is 2. The molecule has 0 aliphatic heterocycles. The number of hydrogen-bond donors (Lipinski definition) is 2. The van der Waals surface area contributed by atoms with E-state index >= 15 is 0 Å². The average molecular weight is 345 g/mol. The van der Waals surface area contributed by atoms with Crippen molar-refractivity contribution in [3.8, 4) is 0 Å². The molecule has 2 amide bonds. The molecule has 0 saturated heterocycles. The summed E-state index contributed by atoms with van der Waals surface area (Å²) in [4.78, 5) is 27.8. The van der Waals surface area contributed by atoms with Gasteiger partial charge in [0.2, 0.25) is 5.91 Å². The van der Waals surface area contributed by atoms with Gasteiger partial charge in [-0.1, -0.05) is 24.2 Å². The van der Waals surface area contributed by atoms with E-state index in [1.54, 1.807) is 11.0 Å². The molecule has 0 aliphatic rings. The van der Waals surface area contributed by atoms with Crippen LogP contribution in [0.2, 0.25) is 0 Å². The van der Waals surface area contributed by atoms with Gasteiger partial charge >= 0.3 is 0 Å². The van der Waals surface area contributed by atoms with Gasteiger partial charge in [-0.2, -0.15) is 0 Å². The molecule has 25 heavy (non-hydrogen) atoms. The topological polar surface area (TPSA) is 79.9 Å². The summed E-state index contributed by atoms with van der Waals surface area (Å²) in [5, 5.41) is 6.27. The maximum absolute atomic E-state index is 12.8. The molecule has 2 aromatic rings. The predicted octanol–water partition coefficient (Wildman–Crippen LogP) is 0.462. The van der Waals surface area contributed by atoms with E-state index in [0.29, 0.717) is 17.9 Å². The fraction of sp³-hybridized carbons (Fsp3) is 0.389. The second-order valence-corrected chi connectivity index (χ2v) is 6.17. The van der Waals surface area contributed by atoms with Crippen LogP contribution in [0.1, 0.15) is 22.8 Å². The molecule has 0 bridgehead atoms. The Kier molecular flexibility index (Phi) is 6.71. The summed E-state index contributed by atoms with van der Waals surface area (Å²) in [6, 6.07) is 9.06. The smallest absolute Gasteiger partial charge is 0.254 e. The van der Waals surface area contributed by atoms with E-state index < -0.39 is 0 Å². The summed E-state index contributed by atoms with van der Waals surface area (Å²) >= 11 is 0. The summed E-state index contributed by atoms with van der Waals surface area (Å²) in [6.45, 7) is 3.27. The molecule has 1 aromatic carbocycles. The van der Waals surface area contributed by atoms with Crippen LogP contribution in [0.5, 0.6) is 0 Å². The Hall–Kier alpha value is -2.67. The van der Waals surface area contributed by atoms with E-state index in [-0.39, 0.29) is 18.4 Å². The minimum absolute atomic E-state index is 0.0332.